The van der Waals surface area contributed by atoms with E-state index in [1.54, 1.807) is 0 Å². The van der Waals surface area contributed by atoms with Crippen LogP contribution >= 0.6 is 0 Å². The van der Waals surface area contributed by atoms with Crippen molar-refractivity contribution in [3.8, 4) is 0 Å². The van der Waals surface area contributed by atoms with Gasteiger partial charge < -0.3 is 14.7 Å². The van der Waals surface area contributed by atoms with Crippen LogP contribution in [0.4, 0.5) is 0 Å². The summed E-state index contributed by atoms with van der Waals surface area (Å²) in [7, 11) is 2.21. The van der Waals surface area contributed by atoms with Crippen molar-refractivity contribution in [3.05, 3.63) is 0 Å². The molecule has 0 bridgehead atoms. The number of piperazine rings is 1. The first-order valence-corrected chi connectivity index (χ1v) is 8.65. The molecule has 0 N–H and O–H groups in total. The van der Waals surface area contributed by atoms with Crippen molar-refractivity contribution < 1.29 is 4.79 Å². The quantitative estimate of drug-likeness (QED) is 0.789. The minimum absolute atomic E-state index is 0.272. The molecule has 0 aromatic heterocycles. The summed E-state index contributed by atoms with van der Waals surface area (Å²) in [4.78, 5) is 19.6. The van der Waals surface area contributed by atoms with E-state index < -0.39 is 0 Å². The van der Waals surface area contributed by atoms with E-state index in [1.807, 2.05) is 0 Å². The number of likely N-dealkylation sites (N-methyl/N-ethyl adjacent to an activating group) is 1. The standard InChI is InChI=1S/C17H31N3O/c1-17(2)12-15(17)16(21)20-6-4-14(5-7-20)13-19-10-8-18(3)9-11-19/h14-15H,4-13H2,1-3H3. The largest absolute Gasteiger partial charge is 0.342 e. The maximum absolute atomic E-state index is 12.4. The maximum atomic E-state index is 12.4. The molecule has 2 saturated heterocycles. The van der Waals surface area contributed by atoms with Crippen LogP contribution in [-0.4, -0.2) is 73.5 Å². The summed E-state index contributed by atoms with van der Waals surface area (Å²) >= 11 is 0. The highest BCUT2D eigenvalue weighted by Crippen LogP contribution is 2.52. The Kier molecular flexibility index (Phi) is 4.28. The molecule has 3 rings (SSSR count). The number of likely N-dealkylation sites (tertiary alicyclic amines) is 1. The maximum Gasteiger partial charge on any atom is 0.226 e. The normalized spacial score (nSPS) is 31.4. The summed E-state index contributed by atoms with van der Waals surface area (Å²) in [6.07, 6.45) is 3.49. The molecule has 2 heterocycles. The van der Waals surface area contributed by atoms with Crippen molar-refractivity contribution in [1.82, 2.24) is 14.7 Å². The van der Waals surface area contributed by atoms with Crippen molar-refractivity contribution in [2.24, 2.45) is 17.3 Å². The van der Waals surface area contributed by atoms with Crippen LogP contribution < -0.4 is 0 Å². The Labute approximate surface area is 129 Å². The average Bonchev–Trinajstić information content (AvgIpc) is 3.10. The third-order valence-corrected chi connectivity index (χ3v) is 5.85. The minimum Gasteiger partial charge on any atom is -0.342 e. The Morgan fingerprint density at radius 1 is 1.05 bits per heavy atom. The molecule has 1 saturated carbocycles. The molecule has 4 heteroatoms. The van der Waals surface area contributed by atoms with E-state index in [0.29, 0.717) is 11.8 Å². The molecule has 3 fully saturated rings. The Balaban J connectivity index is 1.40. The summed E-state index contributed by atoms with van der Waals surface area (Å²) in [5.74, 6) is 1.54. The Hall–Kier alpha value is -0.610. The van der Waals surface area contributed by atoms with Crippen LogP contribution in [-0.2, 0) is 4.79 Å². The van der Waals surface area contributed by atoms with E-state index >= 15 is 0 Å². The van der Waals surface area contributed by atoms with Crippen LogP contribution in [0.3, 0.4) is 0 Å². The highest BCUT2D eigenvalue weighted by molar-refractivity contribution is 5.82. The molecular formula is C17H31N3O. The van der Waals surface area contributed by atoms with Crippen LogP contribution in [0, 0.1) is 17.3 Å². The van der Waals surface area contributed by atoms with E-state index in [4.69, 9.17) is 0 Å². The first-order valence-electron chi connectivity index (χ1n) is 8.65. The van der Waals surface area contributed by atoms with Gasteiger partial charge in [-0.25, -0.2) is 0 Å². The smallest absolute Gasteiger partial charge is 0.226 e. The monoisotopic (exact) mass is 293 g/mol. The highest BCUT2D eigenvalue weighted by atomic mass is 16.2. The van der Waals surface area contributed by atoms with Crippen molar-refractivity contribution in [1.29, 1.82) is 0 Å². The van der Waals surface area contributed by atoms with Gasteiger partial charge in [0.2, 0.25) is 5.91 Å². The zero-order valence-electron chi connectivity index (χ0n) is 14.0. The molecule has 21 heavy (non-hydrogen) atoms. The summed E-state index contributed by atoms with van der Waals surface area (Å²) in [6, 6.07) is 0. The second-order valence-corrected chi connectivity index (χ2v) is 8.12. The molecule has 2 aliphatic heterocycles. The second-order valence-electron chi connectivity index (χ2n) is 8.12. The van der Waals surface area contributed by atoms with Crippen LogP contribution in [0.1, 0.15) is 33.1 Å². The van der Waals surface area contributed by atoms with Crippen LogP contribution in [0.2, 0.25) is 0 Å². The molecule has 1 aliphatic carbocycles. The topological polar surface area (TPSA) is 26.8 Å². The number of hydrogen-bond acceptors (Lipinski definition) is 3. The van der Waals surface area contributed by atoms with Crippen LogP contribution in [0.15, 0.2) is 0 Å². The molecule has 4 nitrogen and oxygen atoms in total. The second kappa shape index (κ2) is 5.88. The number of carbonyl (C=O) groups is 1. The lowest BCUT2D eigenvalue weighted by Gasteiger charge is -2.38. The van der Waals surface area contributed by atoms with Gasteiger partial charge in [0.15, 0.2) is 0 Å². The lowest BCUT2D eigenvalue weighted by Crippen LogP contribution is -2.48. The Morgan fingerprint density at radius 3 is 2.14 bits per heavy atom. The van der Waals surface area contributed by atoms with Crippen LogP contribution in [0.5, 0.6) is 0 Å². The third-order valence-electron chi connectivity index (χ3n) is 5.85. The van der Waals surface area contributed by atoms with E-state index in [0.717, 1.165) is 25.4 Å². The number of carbonyl (C=O) groups excluding carboxylic acids is 1. The van der Waals surface area contributed by atoms with E-state index in [-0.39, 0.29) is 5.41 Å². The van der Waals surface area contributed by atoms with E-state index in [2.05, 4.69) is 35.6 Å². The van der Waals surface area contributed by atoms with Crippen LogP contribution in [0.25, 0.3) is 0 Å². The first-order chi connectivity index (χ1) is 9.95. The Morgan fingerprint density at radius 2 is 1.62 bits per heavy atom. The fraction of sp³-hybridized carbons (Fsp3) is 0.941. The lowest BCUT2D eigenvalue weighted by atomic mass is 9.95. The minimum atomic E-state index is 0.272. The van der Waals surface area contributed by atoms with Gasteiger partial charge >= 0.3 is 0 Å². The van der Waals surface area contributed by atoms with Gasteiger partial charge in [-0.05, 0) is 37.6 Å². The number of piperidine rings is 1. The lowest BCUT2D eigenvalue weighted by molar-refractivity contribution is -0.134. The van der Waals surface area contributed by atoms with Gasteiger partial charge in [-0.2, -0.15) is 0 Å². The van der Waals surface area contributed by atoms with Crippen molar-refractivity contribution in [2.45, 2.75) is 33.1 Å². The molecule has 0 aromatic carbocycles. The average molecular weight is 293 g/mol. The van der Waals surface area contributed by atoms with Gasteiger partial charge in [-0.15, -0.1) is 0 Å². The van der Waals surface area contributed by atoms with Gasteiger partial charge in [0, 0.05) is 51.7 Å². The number of rotatable bonds is 3. The van der Waals surface area contributed by atoms with Gasteiger partial charge in [0.1, 0.15) is 0 Å². The van der Waals surface area contributed by atoms with Crippen molar-refractivity contribution in [3.63, 3.8) is 0 Å². The highest BCUT2D eigenvalue weighted by Gasteiger charge is 2.52. The van der Waals surface area contributed by atoms with Crippen molar-refractivity contribution >= 4 is 5.91 Å². The fourth-order valence-electron chi connectivity index (χ4n) is 3.84. The number of nitrogens with zero attached hydrogens (tertiary/aromatic N) is 3. The molecule has 0 spiro atoms. The molecule has 3 aliphatic rings. The molecule has 0 aromatic rings. The predicted octanol–water partition coefficient (Wildman–Crippen LogP) is 1.52. The van der Waals surface area contributed by atoms with E-state index in [1.165, 1.54) is 45.6 Å². The zero-order valence-corrected chi connectivity index (χ0v) is 14.0. The first kappa shape index (κ1) is 15.3. The van der Waals surface area contributed by atoms with E-state index in [9.17, 15) is 4.79 Å². The van der Waals surface area contributed by atoms with Gasteiger partial charge in [-0.3, -0.25) is 4.79 Å². The molecule has 1 amide bonds. The summed E-state index contributed by atoms with van der Waals surface area (Å²) in [5.41, 5.74) is 0.272. The van der Waals surface area contributed by atoms with Gasteiger partial charge in [-0.1, -0.05) is 13.8 Å². The summed E-state index contributed by atoms with van der Waals surface area (Å²) < 4.78 is 0. The summed E-state index contributed by atoms with van der Waals surface area (Å²) in [6.45, 7) is 12.5. The van der Waals surface area contributed by atoms with Gasteiger partial charge in [0.25, 0.3) is 0 Å². The molecule has 120 valence electrons. The molecule has 1 unspecified atom stereocenters. The van der Waals surface area contributed by atoms with Gasteiger partial charge in [0.05, 0.1) is 0 Å². The number of amides is 1. The molecular weight excluding hydrogens is 262 g/mol. The fourth-order valence-corrected chi connectivity index (χ4v) is 3.84. The predicted molar refractivity (Wildman–Crippen MR) is 85.1 cm³/mol. The Bertz CT molecular complexity index is 379. The molecule has 0 radical (unpaired) electrons. The zero-order chi connectivity index (χ0) is 15.0. The number of hydrogen-bond donors (Lipinski definition) is 0. The summed E-state index contributed by atoms with van der Waals surface area (Å²) in [5, 5.41) is 0. The third kappa shape index (κ3) is 3.59. The molecule has 1 atom stereocenters. The SMILES string of the molecule is CN1CCN(CC2CCN(C(=O)C3CC3(C)C)CC2)CC1. The van der Waals surface area contributed by atoms with Crippen molar-refractivity contribution in [2.75, 3.05) is 52.9 Å².